The molecule has 2 heterocycles. The summed E-state index contributed by atoms with van der Waals surface area (Å²) in [4.78, 5) is 16.6. The fraction of sp³-hybridized carbons (Fsp3) is 0.200. The second-order valence-corrected chi connectivity index (χ2v) is 7.68. The van der Waals surface area contributed by atoms with Crippen molar-refractivity contribution in [1.29, 1.82) is 0 Å². The normalized spacial score (nSPS) is 14.8. The van der Waals surface area contributed by atoms with Gasteiger partial charge in [0.25, 0.3) is 5.91 Å². The number of methoxy groups -OCH3 is 2. The molecular formula is C25H23N5O4. The lowest BCUT2D eigenvalue weighted by Crippen LogP contribution is -2.43. The molecule has 0 radical (unpaired) electrons. The predicted molar refractivity (Wildman–Crippen MR) is 125 cm³/mol. The molecule has 5 rings (SSSR count). The smallest absolute Gasteiger partial charge is 0.251 e. The number of carbonyl (C=O) groups excluding carboxylic acids is 1. The number of fused-ring (bicyclic) bond motifs is 1. The van der Waals surface area contributed by atoms with E-state index in [-0.39, 0.29) is 18.5 Å². The third-order valence-corrected chi connectivity index (χ3v) is 5.66. The number of tetrazole rings is 1. The molecule has 0 aliphatic carbocycles. The molecule has 4 aromatic rings. The lowest BCUT2D eigenvalue weighted by molar-refractivity contribution is -0.120. The van der Waals surface area contributed by atoms with Crippen LogP contribution in [0.4, 0.5) is 5.69 Å². The molecule has 1 amide bonds. The Morgan fingerprint density at radius 2 is 1.76 bits per heavy atom. The quantitative estimate of drug-likeness (QED) is 0.437. The molecule has 9 nitrogen and oxygen atoms in total. The summed E-state index contributed by atoms with van der Waals surface area (Å²) in [5, 5.41) is 12.7. The molecule has 1 aliphatic rings. The minimum absolute atomic E-state index is 0.0715. The van der Waals surface area contributed by atoms with Gasteiger partial charge in [0, 0.05) is 5.56 Å². The number of hydrogen-bond acceptors (Lipinski definition) is 7. The van der Waals surface area contributed by atoms with Gasteiger partial charge in [0.2, 0.25) is 5.82 Å². The van der Waals surface area contributed by atoms with E-state index in [9.17, 15) is 4.79 Å². The second kappa shape index (κ2) is 9.22. The average molecular weight is 457 g/mol. The monoisotopic (exact) mass is 457 g/mol. The Labute approximate surface area is 196 Å². The molecule has 9 heteroatoms. The fourth-order valence-corrected chi connectivity index (χ4v) is 4.02. The van der Waals surface area contributed by atoms with Crippen LogP contribution in [0.15, 0.2) is 72.8 Å². The summed E-state index contributed by atoms with van der Waals surface area (Å²) < 4.78 is 16.6. The standard InChI is InChI=1S/C25H23N5O4/c1-32-22-13-12-18(14-23(22)33-2)25-26-28-29(27-25)15-24(31)30-19-10-6-7-11-21(19)34-16-20(30)17-8-4-3-5-9-17/h3-14,20H,15-16H2,1-2H3/t20-/m0/s1. The van der Waals surface area contributed by atoms with Gasteiger partial charge >= 0.3 is 0 Å². The third-order valence-electron chi connectivity index (χ3n) is 5.66. The maximum atomic E-state index is 13.5. The Bertz CT molecular complexity index is 1310. The first-order valence-corrected chi connectivity index (χ1v) is 10.8. The molecule has 0 saturated heterocycles. The van der Waals surface area contributed by atoms with Gasteiger partial charge in [0.05, 0.1) is 25.9 Å². The summed E-state index contributed by atoms with van der Waals surface area (Å²) in [6, 6.07) is 22.4. The van der Waals surface area contributed by atoms with Crippen LogP contribution in [0.3, 0.4) is 0 Å². The number of carbonyl (C=O) groups is 1. The van der Waals surface area contributed by atoms with Crippen LogP contribution in [-0.2, 0) is 11.3 Å². The summed E-state index contributed by atoms with van der Waals surface area (Å²) in [6.45, 7) is 0.284. The molecule has 0 spiro atoms. The van der Waals surface area contributed by atoms with Crippen molar-refractivity contribution in [2.24, 2.45) is 0 Å². The van der Waals surface area contributed by atoms with Crippen molar-refractivity contribution in [3.63, 3.8) is 0 Å². The van der Waals surface area contributed by atoms with E-state index in [0.717, 1.165) is 5.56 Å². The number of rotatable bonds is 6. The van der Waals surface area contributed by atoms with Crippen LogP contribution >= 0.6 is 0 Å². The summed E-state index contributed by atoms with van der Waals surface area (Å²) in [5.74, 6) is 2.05. The van der Waals surface area contributed by atoms with Crippen LogP contribution in [0.1, 0.15) is 11.6 Å². The molecule has 1 aromatic heterocycles. The number of aromatic nitrogens is 4. The zero-order chi connectivity index (χ0) is 23.5. The summed E-state index contributed by atoms with van der Waals surface area (Å²) in [6.07, 6.45) is 0. The van der Waals surface area contributed by atoms with Gasteiger partial charge in [0.1, 0.15) is 18.9 Å². The topological polar surface area (TPSA) is 91.6 Å². The second-order valence-electron chi connectivity index (χ2n) is 7.68. The van der Waals surface area contributed by atoms with E-state index in [1.807, 2.05) is 60.7 Å². The van der Waals surface area contributed by atoms with Gasteiger partial charge < -0.3 is 14.2 Å². The molecule has 0 bridgehead atoms. The minimum Gasteiger partial charge on any atom is -0.493 e. The van der Waals surface area contributed by atoms with E-state index in [0.29, 0.717) is 40.9 Å². The summed E-state index contributed by atoms with van der Waals surface area (Å²) >= 11 is 0. The molecule has 0 fully saturated rings. The van der Waals surface area contributed by atoms with Gasteiger partial charge in [0.15, 0.2) is 11.5 Å². The molecule has 0 unspecified atom stereocenters. The van der Waals surface area contributed by atoms with Gasteiger partial charge in [-0.1, -0.05) is 42.5 Å². The number of benzene rings is 3. The highest BCUT2D eigenvalue weighted by Crippen LogP contribution is 2.39. The van der Waals surface area contributed by atoms with Crippen LogP contribution < -0.4 is 19.1 Å². The zero-order valence-corrected chi connectivity index (χ0v) is 18.8. The first-order valence-electron chi connectivity index (χ1n) is 10.8. The highest BCUT2D eigenvalue weighted by atomic mass is 16.5. The van der Waals surface area contributed by atoms with Crippen molar-refractivity contribution in [3.8, 4) is 28.6 Å². The van der Waals surface area contributed by atoms with Crippen LogP contribution in [0.5, 0.6) is 17.2 Å². The molecule has 172 valence electrons. The number of ether oxygens (including phenoxy) is 3. The molecular weight excluding hydrogens is 434 g/mol. The van der Waals surface area contributed by atoms with Crippen molar-refractivity contribution >= 4 is 11.6 Å². The number of hydrogen-bond donors (Lipinski definition) is 0. The SMILES string of the molecule is COc1ccc(-c2nnn(CC(=O)N3c4ccccc4OC[C@H]3c3ccccc3)n2)cc1OC. The molecule has 34 heavy (non-hydrogen) atoms. The third kappa shape index (κ3) is 4.03. The molecule has 0 saturated carbocycles. The molecule has 1 atom stereocenters. The van der Waals surface area contributed by atoms with E-state index in [2.05, 4.69) is 15.4 Å². The van der Waals surface area contributed by atoms with Gasteiger partial charge in [-0.05, 0) is 41.1 Å². The van der Waals surface area contributed by atoms with Crippen molar-refractivity contribution in [3.05, 3.63) is 78.4 Å². The van der Waals surface area contributed by atoms with Crippen LogP contribution in [0, 0.1) is 0 Å². The van der Waals surface area contributed by atoms with Crippen LogP contribution in [-0.4, -0.2) is 46.9 Å². The van der Waals surface area contributed by atoms with Crippen molar-refractivity contribution in [1.82, 2.24) is 20.2 Å². The Hall–Kier alpha value is -4.40. The van der Waals surface area contributed by atoms with E-state index >= 15 is 0 Å². The van der Waals surface area contributed by atoms with Crippen molar-refractivity contribution in [2.45, 2.75) is 12.6 Å². The van der Waals surface area contributed by atoms with Crippen molar-refractivity contribution in [2.75, 3.05) is 25.7 Å². The van der Waals surface area contributed by atoms with Gasteiger partial charge in [-0.2, -0.15) is 4.80 Å². The number of nitrogens with zero attached hydrogens (tertiary/aromatic N) is 5. The predicted octanol–water partition coefficient (Wildman–Crippen LogP) is 3.52. The Morgan fingerprint density at radius 3 is 2.56 bits per heavy atom. The Kier molecular flexibility index (Phi) is 5.82. The highest BCUT2D eigenvalue weighted by molar-refractivity contribution is 5.96. The zero-order valence-electron chi connectivity index (χ0n) is 18.8. The van der Waals surface area contributed by atoms with Gasteiger partial charge in [-0.3, -0.25) is 9.69 Å². The van der Waals surface area contributed by atoms with E-state index in [1.165, 1.54) is 4.80 Å². The lowest BCUT2D eigenvalue weighted by atomic mass is 10.0. The number of amides is 1. The first-order chi connectivity index (χ1) is 16.7. The largest absolute Gasteiger partial charge is 0.493 e. The maximum Gasteiger partial charge on any atom is 0.251 e. The van der Waals surface area contributed by atoms with E-state index < -0.39 is 0 Å². The fourth-order valence-electron chi connectivity index (χ4n) is 4.02. The Morgan fingerprint density at radius 1 is 1.00 bits per heavy atom. The van der Waals surface area contributed by atoms with Crippen LogP contribution in [0.2, 0.25) is 0 Å². The minimum atomic E-state index is -0.266. The van der Waals surface area contributed by atoms with Gasteiger partial charge in [-0.15, -0.1) is 10.2 Å². The first kappa shape index (κ1) is 21.4. The highest BCUT2D eigenvalue weighted by Gasteiger charge is 2.33. The Balaban J connectivity index is 1.42. The van der Waals surface area contributed by atoms with Crippen LogP contribution in [0.25, 0.3) is 11.4 Å². The molecule has 0 N–H and O–H groups in total. The molecule has 3 aromatic carbocycles. The summed E-state index contributed by atoms with van der Waals surface area (Å²) in [7, 11) is 3.14. The van der Waals surface area contributed by atoms with Gasteiger partial charge in [-0.25, -0.2) is 0 Å². The number of para-hydroxylation sites is 2. The maximum absolute atomic E-state index is 13.5. The summed E-state index contributed by atoms with van der Waals surface area (Å²) in [5.41, 5.74) is 2.41. The van der Waals surface area contributed by atoms with E-state index in [1.54, 1.807) is 31.3 Å². The lowest BCUT2D eigenvalue weighted by Gasteiger charge is -2.37. The number of anilines is 1. The van der Waals surface area contributed by atoms with Crippen molar-refractivity contribution < 1.29 is 19.0 Å². The van der Waals surface area contributed by atoms with E-state index in [4.69, 9.17) is 14.2 Å². The average Bonchev–Trinajstić information content (AvgIpc) is 3.36. The molecule has 1 aliphatic heterocycles.